The summed E-state index contributed by atoms with van der Waals surface area (Å²) in [5.74, 6) is 0. The predicted octanol–water partition coefficient (Wildman–Crippen LogP) is 9.97. The van der Waals surface area contributed by atoms with E-state index in [4.69, 9.17) is 0 Å². The Balaban J connectivity index is 0.000000963. The van der Waals surface area contributed by atoms with E-state index in [2.05, 4.69) is 146 Å². The van der Waals surface area contributed by atoms with Gasteiger partial charge in [0.2, 0.25) is 0 Å². The van der Waals surface area contributed by atoms with Crippen molar-refractivity contribution in [3.63, 3.8) is 0 Å². The van der Waals surface area contributed by atoms with E-state index in [0.29, 0.717) is 0 Å². The van der Waals surface area contributed by atoms with Gasteiger partial charge in [0.15, 0.2) is 0 Å². The Labute approximate surface area is 285 Å². The maximum absolute atomic E-state index is 2.58. The Morgan fingerprint density at radius 3 is 1.28 bits per heavy atom. The zero-order valence-corrected chi connectivity index (χ0v) is 30.7. The van der Waals surface area contributed by atoms with Crippen LogP contribution in [0.25, 0.3) is 11.1 Å². The molecule has 0 unspecified atom stereocenters. The number of hydrogen-bond acceptors (Lipinski definition) is 4. The van der Waals surface area contributed by atoms with Crippen molar-refractivity contribution >= 4 is 73.2 Å². The Morgan fingerprint density at radius 1 is 0.488 bits per heavy atom. The first-order chi connectivity index (χ1) is 21.1. The zero-order chi connectivity index (χ0) is 29.5. The number of fused-ring (bicyclic) bond motifs is 4. The molecule has 0 spiro atoms. The first-order valence-corrected chi connectivity index (χ1v) is 24.6. The van der Waals surface area contributed by atoms with E-state index in [-0.39, 0.29) is 0 Å². The summed E-state index contributed by atoms with van der Waals surface area (Å²) >= 11 is 4.65. The van der Waals surface area contributed by atoms with E-state index >= 15 is 0 Å². The topological polar surface area (TPSA) is 13.0 Å². The van der Waals surface area contributed by atoms with Gasteiger partial charge in [0.25, 0.3) is 0 Å². The van der Waals surface area contributed by atoms with E-state index < -0.39 is 0 Å². The Kier molecular flexibility index (Phi) is 8.97. The molecule has 0 atom stereocenters. The van der Waals surface area contributed by atoms with E-state index in [1.807, 2.05) is 0 Å². The molecule has 43 heavy (non-hydrogen) atoms. The standard InChI is InChI=1S/C36H38N4.2HI.Pd/c1-37-23-39(31-17-9-7-15-29(31)37)33-21-19-25-11-3-5-13-27(25)35(33)36-28-14-6-4-12-26(28)20-22-34(36)40-24-38(2)30-16-8-10-18-32(30)40;;;/h7-10,15-22H,3-6,11-14,23-24H2,1-2H3;2*1H;/q;;;+2/p-2. The van der Waals surface area contributed by atoms with Crippen LogP contribution in [0.4, 0.5) is 34.1 Å². The number of benzene rings is 4. The van der Waals surface area contributed by atoms with Gasteiger partial charge in [-0.1, -0.05) is 36.4 Å². The molecule has 0 radical (unpaired) electrons. The summed E-state index contributed by atoms with van der Waals surface area (Å²) in [5.41, 5.74) is 17.3. The number of nitrogens with zero attached hydrogens (tertiary/aromatic N) is 4. The Morgan fingerprint density at radius 2 is 0.860 bits per heavy atom. The molecule has 4 aromatic carbocycles. The Hall–Kier alpha value is -1.80. The van der Waals surface area contributed by atoms with Crippen molar-refractivity contribution in [2.24, 2.45) is 0 Å². The molecule has 8 rings (SSSR count). The minimum absolute atomic E-state index is 0.880. The summed E-state index contributed by atoms with van der Waals surface area (Å²) in [6.07, 6.45) is 9.87. The monoisotopic (exact) mass is 886 g/mol. The minimum atomic E-state index is 0.880. The summed E-state index contributed by atoms with van der Waals surface area (Å²) in [4.78, 5) is 9.95. The molecule has 7 heteroatoms. The molecule has 0 fully saturated rings. The van der Waals surface area contributed by atoms with Gasteiger partial charge >= 0.3 is 49.8 Å². The normalized spacial score (nSPS) is 16.8. The molecule has 226 valence electrons. The molecular formula is C36H38I2N4Pd. The second kappa shape index (κ2) is 12.9. The second-order valence-electron chi connectivity index (χ2n) is 12.2. The van der Waals surface area contributed by atoms with Crippen molar-refractivity contribution in [2.75, 3.05) is 47.0 Å². The van der Waals surface area contributed by atoms with Crippen molar-refractivity contribution in [1.82, 2.24) is 0 Å². The molecule has 4 aliphatic rings. The van der Waals surface area contributed by atoms with Crippen LogP contribution in [0.2, 0.25) is 0 Å². The van der Waals surface area contributed by atoms with Crippen LogP contribution in [0.1, 0.15) is 47.9 Å². The molecule has 0 saturated carbocycles. The first kappa shape index (κ1) is 29.9. The molecule has 2 aliphatic heterocycles. The van der Waals surface area contributed by atoms with Gasteiger partial charge in [-0.05, 0) is 110 Å². The number of rotatable bonds is 3. The average Bonchev–Trinajstić information content (AvgIpc) is 3.57. The number of halogens is 2. The molecule has 2 aliphatic carbocycles. The van der Waals surface area contributed by atoms with Crippen molar-refractivity contribution in [1.29, 1.82) is 0 Å². The summed E-state index contributed by atoms with van der Waals surface area (Å²) in [6.45, 7) is 1.76. The average molecular weight is 887 g/mol. The molecule has 4 aromatic rings. The molecule has 4 nitrogen and oxygen atoms in total. The van der Waals surface area contributed by atoms with E-state index in [1.54, 1.807) is 22.3 Å². The SMILES string of the molecule is CN1CN(c2ccc3c(c2-c2c(N4CN(C)c5ccccc54)ccc4c2CCCC4)CCCC3)c2ccccc21.[I][Pd][I]. The van der Waals surface area contributed by atoms with Gasteiger partial charge in [0.1, 0.15) is 0 Å². The predicted molar refractivity (Wildman–Crippen MR) is 197 cm³/mol. The molecule has 0 amide bonds. The van der Waals surface area contributed by atoms with Crippen LogP contribution in [0.5, 0.6) is 0 Å². The van der Waals surface area contributed by atoms with Crippen LogP contribution in [0.3, 0.4) is 0 Å². The molecular weight excluding hydrogens is 849 g/mol. The summed E-state index contributed by atoms with van der Waals surface area (Å²) < 4.78 is 0. The Bertz CT molecular complexity index is 1540. The van der Waals surface area contributed by atoms with Gasteiger partial charge in [0, 0.05) is 25.2 Å². The van der Waals surface area contributed by atoms with E-state index in [0.717, 1.165) is 24.1 Å². The maximum atomic E-state index is 2.58. The van der Waals surface area contributed by atoms with E-state index in [1.165, 1.54) is 96.6 Å². The number of hydrogen-bond donors (Lipinski definition) is 0. The third-order valence-electron chi connectivity index (χ3n) is 9.73. The number of anilines is 6. The van der Waals surface area contributed by atoms with Crippen molar-refractivity contribution in [3.05, 3.63) is 95.1 Å². The van der Waals surface area contributed by atoms with Crippen LogP contribution >= 0.6 is 39.0 Å². The van der Waals surface area contributed by atoms with Crippen LogP contribution in [0, 0.1) is 0 Å². The van der Waals surface area contributed by atoms with Crippen LogP contribution < -0.4 is 19.6 Å². The second-order valence-corrected chi connectivity index (χ2v) is 24.1. The third kappa shape index (κ3) is 5.40. The number of para-hydroxylation sites is 4. The fourth-order valence-corrected chi connectivity index (χ4v) is 7.81. The zero-order valence-electron chi connectivity index (χ0n) is 24.9. The molecule has 0 aromatic heterocycles. The fraction of sp³-hybridized carbons (Fsp3) is 0.333. The molecule has 0 bridgehead atoms. The summed E-state index contributed by atoms with van der Waals surface area (Å²) in [6, 6.07) is 27.6. The summed E-state index contributed by atoms with van der Waals surface area (Å²) in [7, 11) is 5.34. The number of aryl methyl sites for hydroxylation is 2. The van der Waals surface area contributed by atoms with Gasteiger partial charge in [0.05, 0.1) is 47.5 Å². The van der Waals surface area contributed by atoms with Crippen LogP contribution in [-0.2, 0) is 36.4 Å². The molecule has 0 N–H and O–H groups in total. The van der Waals surface area contributed by atoms with Gasteiger partial charge < -0.3 is 19.6 Å². The van der Waals surface area contributed by atoms with Gasteiger partial charge in [-0.3, -0.25) is 0 Å². The first-order valence-electron chi connectivity index (χ1n) is 15.4. The quantitative estimate of drug-likeness (QED) is 0.150. The van der Waals surface area contributed by atoms with Crippen molar-refractivity contribution in [2.45, 2.75) is 51.4 Å². The van der Waals surface area contributed by atoms with Crippen molar-refractivity contribution in [3.8, 4) is 11.1 Å². The van der Waals surface area contributed by atoms with Crippen LogP contribution in [0.15, 0.2) is 72.8 Å². The fourth-order valence-electron chi connectivity index (χ4n) is 7.81. The summed E-state index contributed by atoms with van der Waals surface area (Å²) in [5, 5.41) is 0. The molecule has 2 heterocycles. The van der Waals surface area contributed by atoms with Gasteiger partial charge in [-0.25, -0.2) is 0 Å². The third-order valence-corrected chi connectivity index (χ3v) is 9.73. The van der Waals surface area contributed by atoms with Gasteiger partial charge in [-0.15, -0.1) is 0 Å². The van der Waals surface area contributed by atoms with E-state index in [9.17, 15) is 0 Å². The van der Waals surface area contributed by atoms with Gasteiger partial charge in [-0.2, -0.15) is 0 Å². The molecule has 0 saturated heterocycles. The van der Waals surface area contributed by atoms with Crippen molar-refractivity contribution < 1.29 is 10.8 Å². The van der Waals surface area contributed by atoms with Crippen LogP contribution in [-0.4, -0.2) is 27.4 Å².